The Kier molecular flexibility index (Phi) is 11.0. The monoisotopic (exact) mass is 554 g/mol. The first-order chi connectivity index (χ1) is 14.6. The Labute approximate surface area is 206 Å². The lowest BCUT2D eigenvalue weighted by atomic mass is 10.2. The Morgan fingerprint density at radius 3 is 2.81 bits per heavy atom. The lowest BCUT2D eigenvalue weighted by molar-refractivity contribution is -0.119. The number of carbonyl (C=O) groups excluding carboxylic acids is 1. The Morgan fingerprint density at radius 2 is 2.06 bits per heavy atom. The van der Waals surface area contributed by atoms with Crippen LogP contribution in [-0.4, -0.2) is 48.8 Å². The van der Waals surface area contributed by atoms with E-state index in [1.54, 1.807) is 0 Å². The van der Waals surface area contributed by atoms with Crippen molar-refractivity contribution in [2.75, 3.05) is 32.0 Å². The van der Waals surface area contributed by atoms with Gasteiger partial charge in [-0.05, 0) is 49.1 Å². The molecule has 1 amide bonds. The SMILES string of the molecule is CCNC(=NCc1cccc(OCC(N)=O)c1)N1CCC(CSc2ccccc2)C1.I. The van der Waals surface area contributed by atoms with Crippen molar-refractivity contribution in [2.45, 2.75) is 24.8 Å². The van der Waals surface area contributed by atoms with Crippen molar-refractivity contribution in [3.63, 3.8) is 0 Å². The summed E-state index contributed by atoms with van der Waals surface area (Å²) in [4.78, 5) is 19.4. The lowest BCUT2D eigenvalue weighted by Gasteiger charge is -2.21. The molecule has 31 heavy (non-hydrogen) atoms. The third-order valence-electron chi connectivity index (χ3n) is 4.84. The van der Waals surface area contributed by atoms with E-state index in [1.165, 1.54) is 11.3 Å². The van der Waals surface area contributed by atoms with Crippen LogP contribution in [0.15, 0.2) is 64.5 Å². The second kappa shape index (κ2) is 13.5. The van der Waals surface area contributed by atoms with Gasteiger partial charge in [0.1, 0.15) is 5.75 Å². The molecule has 1 unspecified atom stereocenters. The maximum absolute atomic E-state index is 10.9. The average molecular weight is 554 g/mol. The first-order valence-corrected chi connectivity index (χ1v) is 11.3. The van der Waals surface area contributed by atoms with E-state index in [1.807, 2.05) is 36.0 Å². The van der Waals surface area contributed by atoms with E-state index in [0.717, 1.165) is 36.9 Å². The fraction of sp³-hybridized carbons (Fsp3) is 0.391. The molecule has 1 saturated heterocycles. The zero-order chi connectivity index (χ0) is 21.2. The molecule has 0 aromatic heterocycles. The first-order valence-electron chi connectivity index (χ1n) is 10.3. The number of halogens is 1. The molecular formula is C23H31IN4O2S. The number of likely N-dealkylation sites (tertiary alicyclic amines) is 1. The van der Waals surface area contributed by atoms with Gasteiger partial charge in [-0.15, -0.1) is 35.7 Å². The summed E-state index contributed by atoms with van der Waals surface area (Å²) >= 11 is 1.93. The Morgan fingerprint density at radius 1 is 1.26 bits per heavy atom. The summed E-state index contributed by atoms with van der Waals surface area (Å²) in [5.41, 5.74) is 6.17. The van der Waals surface area contributed by atoms with Crippen LogP contribution in [0, 0.1) is 5.92 Å². The summed E-state index contributed by atoms with van der Waals surface area (Å²) in [5.74, 6) is 2.88. The van der Waals surface area contributed by atoms with E-state index >= 15 is 0 Å². The molecule has 8 heteroatoms. The zero-order valence-electron chi connectivity index (χ0n) is 17.8. The largest absolute Gasteiger partial charge is 0.484 e. The van der Waals surface area contributed by atoms with Gasteiger partial charge in [-0.25, -0.2) is 4.99 Å². The lowest BCUT2D eigenvalue weighted by Crippen LogP contribution is -2.40. The number of thioether (sulfide) groups is 1. The maximum Gasteiger partial charge on any atom is 0.255 e. The van der Waals surface area contributed by atoms with Crippen LogP contribution in [0.4, 0.5) is 0 Å². The molecule has 0 spiro atoms. The number of guanidine groups is 1. The molecule has 1 aliphatic heterocycles. The molecule has 0 bridgehead atoms. The first kappa shape index (κ1) is 25.3. The van der Waals surface area contributed by atoms with Gasteiger partial charge < -0.3 is 20.7 Å². The van der Waals surface area contributed by atoms with E-state index in [9.17, 15) is 4.79 Å². The van der Waals surface area contributed by atoms with Crippen LogP contribution < -0.4 is 15.8 Å². The molecule has 3 N–H and O–H groups in total. The summed E-state index contributed by atoms with van der Waals surface area (Å²) in [6, 6.07) is 18.2. The van der Waals surface area contributed by atoms with Gasteiger partial charge in [0.15, 0.2) is 12.6 Å². The normalized spacial score (nSPS) is 16.0. The van der Waals surface area contributed by atoms with Gasteiger partial charge in [-0.1, -0.05) is 30.3 Å². The summed E-state index contributed by atoms with van der Waals surface area (Å²) in [5, 5.41) is 3.42. The predicted octanol–water partition coefficient (Wildman–Crippen LogP) is 3.75. The van der Waals surface area contributed by atoms with Crippen LogP contribution >= 0.6 is 35.7 Å². The van der Waals surface area contributed by atoms with Crippen molar-refractivity contribution in [2.24, 2.45) is 16.6 Å². The molecule has 168 valence electrons. The number of aliphatic imine (C=N–C) groups is 1. The Bertz CT molecular complexity index is 850. The van der Waals surface area contributed by atoms with Crippen molar-refractivity contribution >= 4 is 47.6 Å². The molecule has 1 atom stereocenters. The number of primary amides is 1. The highest BCUT2D eigenvalue weighted by Gasteiger charge is 2.24. The van der Waals surface area contributed by atoms with Crippen LogP contribution in [-0.2, 0) is 11.3 Å². The maximum atomic E-state index is 10.9. The van der Waals surface area contributed by atoms with Gasteiger partial charge >= 0.3 is 0 Å². The van der Waals surface area contributed by atoms with Crippen LogP contribution in [0.1, 0.15) is 18.9 Å². The van der Waals surface area contributed by atoms with Gasteiger partial charge in [0.05, 0.1) is 6.54 Å². The van der Waals surface area contributed by atoms with E-state index in [4.69, 9.17) is 15.5 Å². The van der Waals surface area contributed by atoms with Crippen molar-refractivity contribution in [1.29, 1.82) is 0 Å². The zero-order valence-corrected chi connectivity index (χ0v) is 21.0. The number of hydrogen-bond acceptors (Lipinski definition) is 4. The molecule has 6 nitrogen and oxygen atoms in total. The molecule has 2 aromatic rings. The molecule has 3 rings (SSSR count). The van der Waals surface area contributed by atoms with Crippen LogP contribution in [0.2, 0.25) is 0 Å². The average Bonchev–Trinajstić information content (AvgIpc) is 3.24. The molecule has 1 fully saturated rings. The molecular weight excluding hydrogens is 523 g/mol. The number of nitrogens with one attached hydrogen (secondary N) is 1. The number of carbonyl (C=O) groups is 1. The summed E-state index contributed by atoms with van der Waals surface area (Å²) in [6.45, 7) is 5.40. The van der Waals surface area contributed by atoms with Gasteiger partial charge in [0, 0.05) is 30.3 Å². The minimum atomic E-state index is -0.484. The van der Waals surface area contributed by atoms with Gasteiger partial charge in [0.2, 0.25) is 0 Å². The van der Waals surface area contributed by atoms with Crippen LogP contribution in [0.25, 0.3) is 0 Å². The van der Waals surface area contributed by atoms with E-state index in [2.05, 4.69) is 47.5 Å². The number of ether oxygens (including phenoxy) is 1. The minimum Gasteiger partial charge on any atom is -0.484 e. The van der Waals surface area contributed by atoms with E-state index < -0.39 is 5.91 Å². The summed E-state index contributed by atoms with van der Waals surface area (Å²) < 4.78 is 5.39. The van der Waals surface area contributed by atoms with Gasteiger partial charge in [-0.3, -0.25) is 4.79 Å². The van der Waals surface area contributed by atoms with Crippen LogP contribution in [0.5, 0.6) is 5.75 Å². The van der Waals surface area contributed by atoms with E-state index in [-0.39, 0.29) is 30.6 Å². The minimum absolute atomic E-state index is 0. The Balaban J connectivity index is 0.00000341. The molecule has 0 aliphatic carbocycles. The van der Waals surface area contributed by atoms with E-state index in [0.29, 0.717) is 18.2 Å². The highest BCUT2D eigenvalue weighted by atomic mass is 127. The second-order valence-corrected chi connectivity index (χ2v) is 8.39. The number of hydrogen-bond donors (Lipinski definition) is 2. The molecule has 2 aromatic carbocycles. The number of rotatable bonds is 9. The standard InChI is InChI=1S/C23H30N4O2S.HI/c1-2-25-23(26-14-18-7-6-8-20(13-18)29-16-22(24)28)27-12-11-19(15-27)17-30-21-9-4-3-5-10-21;/h3-10,13,19H,2,11-12,14-17H2,1H3,(H2,24,28)(H,25,26);1H. The topological polar surface area (TPSA) is 80.0 Å². The number of amides is 1. The molecule has 0 radical (unpaired) electrons. The van der Waals surface area contributed by atoms with Crippen molar-refractivity contribution in [3.8, 4) is 5.75 Å². The quantitative estimate of drug-likeness (QED) is 0.214. The molecule has 1 heterocycles. The highest BCUT2D eigenvalue weighted by molar-refractivity contribution is 14.0. The molecule has 1 aliphatic rings. The van der Waals surface area contributed by atoms with Gasteiger partial charge in [-0.2, -0.15) is 0 Å². The number of nitrogens with zero attached hydrogens (tertiary/aromatic N) is 2. The fourth-order valence-corrected chi connectivity index (χ4v) is 4.42. The smallest absolute Gasteiger partial charge is 0.255 e. The predicted molar refractivity (Wildman–Crippen MR) is 138 cm³/mol. The second-order valence-electron chi connectivity index (χ2n) is 7.30. The van der Waals surface area contributed by atoms with Crippen molar-refractivity contribution in [1.82, 2.24) is 10.2 Å². The third kappa shape index (κ3) is 8.60. The van der Waals surface area contributed by atoms with Crippen molar-refractivity contribution in [3.05, 3.63) is 60.2 Å². The Hall–Kier alpha value is -1.94. The van der Waals surface area contributed by atoms with Crippen LogP contribution in [0.3, 0.4) is 0 Å². The molecule has 0 saturated carbocycles. The summed E-state index contributed by atoms with van der Waals surface area (Å²) in [7, 11) is 0. The van der Waals surface area contributed by atoms with Gasteiger partial charge in [0.25, 0.3) is 5.91 Å². The fourth-order valence-electron chi connectivity index (χ4n) is 3.37. The summed E-state index contributed by atoms with van der Waals surface area (Å²) in [6.07, 6.45) is 1.18. The number of nitrogens with two attached hydrogens (primary N) is 1. The number of benzene rings is 2. The highest BCUT2D eigenvalue weighted by Crippen LogP contribution is 2.26. The van der Waals surface area contributed by atoms with Crippen molar-refractivity contribution < 1.29 is 9.53 Å². The third-order valence-corrected chi connectivity index (χ3v) is 6.08.